The van der Waals surface area contributed by atoms with Crippen LogP contribution in [0.1, 0.15) is 36.5 Å². The van der Waals surface area contributed by atoms with Gasteiger partial charge in [-0.2, -0.15) is 0 Å². The van der Waals surface area contributed by atoms with E-state index in [1.165, 1.54) is 11.1 Å². The summed E-state index contributed by atoms with van der Waals surface area (Å²) in [7, 11) is 0. The largest absolute Gasteiger partial charge is 0.255 e. The second-order valence-corrected chi connectivity index (χ2v) is 7.42. The van der Waals surface area contributed by atoms with Crippen molar-refractivity contribution in [2.75, 3.05) is 0 Å². The molecule has 1 nitrogen and oxygen atoms in total. The SMILES string of the molecule is Cc1cc(C)cc(-c2ncc(C(C)C)c3cc(F)c4ccccc4c23)c1. The van der Waals surface area contributed by atoms with Crippen molar-refractivity contribution in [1.82, 2.24) is 4.98 Å². The molecule has 0 bridgehead atoms. The van der Waals surface area contributed by atoms with Crippen LogP contribution in [0.5, 0.6) is 0 Å². The number of aromatic nitrogens is 1. The van der Waals surface area contributed by atoms with E-state index in [0.29, 0.717) is 5.39 Å². The molecule has 0 atom stereocenters. The van der Waals surface area contributed by atoms with Gasteiger partial charge in [0.05, 0.1) is 5.69 Å². The fourth-order valence-corrected chi connectivity index (χ4v) is 3.87. The normalized spacial score (nSPS) is 11.6. The molecular weight excluding hydrogens is 321 g/mol. The number of hydrogen-bond donors (Lipinski definition) is 0. The summed E-state index contributed by atoms with van der Waals surface area (Å²) in [5.41, 5.74) is 5.49. The molecule has 4 aromatic rings. The van der Waals surface area contributed by atoms with Gasteiger partial charge in [-0.25, -0.2) is 4.39 Å². The average Bonchev–Trinajstić information content (AvgIpc) is 2.60. The summed E-state index contributed by atoms with van der Waals surface area (Å²) in [6.07, 6.45) is 1.91. The van der Waals surface area contributed by atoms with Gasteiger partial charge in [0.15, 0.2) is 0 Å². The van der Waals surface area contributed by atoms with Crippen molar-refractivity contribution in [3.63, 3.8) is 0 Å². The topological polar surface area (TPSA) is 12.9 Å². The van der Waals surface area contributed by atoms with Crippen molar-refractivity contribution in [2.24, 2.45) is 0 Å². The summed E-state index contributed by atoms with van der Waals surface area (Å²) < 4.78 is 14.8. The molecule has 2 heteroatoms. The standard InChI is InChI=1S/C24H22FN/c1-14(2)21-13-26-24(17-10-15(3)9-16(4)11-17)23-19-8-6-5-7-18(19)22(25)12-20(21)23/h5-14H,1-4H3. The summed E-state index contributed by atoms with van der Waals surface area (Å²) in [5.74, 6) is 0.103. The van der Waals surface area contributed by atoms with Crippen LogP contribution in [-0.4, -0.2) is 4.98 Å². The lowest BCUT2D eigenvalue weighted by atomic mass is 9.91. The summed E-state index contributed by atoms with van der Waals surface area (Å²) in [6, 6.07) is 15.8. The van der Waals surface area contributed by atoms with E-state index in [1.807, 2.05) is 30.5 Å². The molecule has 0 saturated carbocycles. The first-order chi connectivity index (χ1) is 12.5. The molecule has 0 aliphatic rings. The van der Waals surface area contributed by atoms with Crippen LogP contribution in [0.4, 0.5) is 4.39 Å². The summed E-state index contributed by atoms with van der Waals surface area (Å²) >= 11 is 0. The molecule has 0 fully saturated rings. The third-order valence-corrected chi connectivity index (χ3v) is 4.99. The Morgan fingerprint density at radius 2 is 1.50 bits per heavy atom. The quantitative estimate of drug-likeness (QED) is 0.359. The Bertz CT molecular complexity index is 1120. The minimum atomic E-state index is -0.174. The molecule has 0 aliphatic carbocycles. The van der Waals surface area contributed by atoms with Gasteiger partial charge in [-0.1, -0.05) is 55.3 Å². The molecule has 1 aromatic heterocycles. The first-order valence-corrected chi connectivity index (χ1v) is 9.04. The Balaban J connectivity index is 2.21. The molecule has 4 rings (SSSR count). The van der Waals surface area contributed by atoms with Crippen molar-refractivity contribution in [2.45, 2.75) is 33.6 Å². The molecular formula is C24H22FN. The van der Waals surface area contributed by atoms with Gasteiger partial charge >= 0.3 is 0 Å². The van der Waals surface area contributed by atoms with Crippen LogP contribution in [0.2, 0.25) is 0 Å². The molecule has 0 N–H and O–H groups in total. The van der Waals surface area contributed by atoms with Crippen LogP contribution in [-0.2, 0) is 0 Å². The zero-order chi connectivity index (χ0) is 18.4. The molecule has 0 radical (unpaired) electrons. The van der Waals surface area contributed by atoms with Gasteiger partial charge in [-0.15, -0.1) is 0 Å². The molecule has 130 valence electrons. The van der Waals surface area contributed by atoms with Gasteiger partial charge in [0.2, 0.25) is 0 Å². The number of hydrogen-bond acceptors (Lipinski definition) is 1. The molecule has 3 aromatic carbocycles. The number of halogens is 1. The maximum Gasteiger partial charge on any atom is 0.131 e. The van der Waals surface area contributed by atoms with Crippen LogP contribution in [0.15, 0.2) is 54.7 Å². The molecule has 0 saturated heterocycles. The van der Waals surface area contributed by atoms with E-state index in [1.54, 1.807) is 6.07 Å². The average molecular weight is 343 g/mol. The molecule has 0 unspecified atom stereocenters. The smallest absolute Gasteiger partial charge is 0.131 e. The lowest BCUT2D eigenvalue weighted by molar-refractivity contribution is 0.641. The van der Waals surface area contributed by atoms with Crippen LogP contribution >= 0.6 is 0 Å². The van der Waals surface area contributed by atoms with Crippen LogP contribution < -0.4 is 0 Å². The van der Waals surface area contributed by atoms with Crippen LogP contribution in [0.3, 0.4) is 0 Å². The lowest BCUT2D eigenvalue weighted by Gasteiger charge is -2.16. The Morgan fingerprint density at radius 3 is 2.15 bits per heavy atom. The Hall–Kier alpha value is -2.74. The van der Waals surface area contributed by atoms with Gasteiger partial charge < -0.3 is 0 Å². The molecule has 0 spiro atoms. The first-order valence-electron chi connectivity index (χ1n) is 9.04. The van der Waals surface area contributed by atoms with Crippen molar-refractivity contribution in [3.8, 4) is 11.3 Å². The fourth-order valence-electron chi connectivity index (χ4n) is 3.87. The monoisotopic (exact) mass is 343 g/mol. The lowest BCUT2D eigenvalue weighted by Crippen LogP contribution is -1.97. The second-order valence-electron chi connectivity index (χ2n) is 7.42. The third kappa shape index (κ3) is 2.66. The summed E-state index contributed by atoms with van der Waals surface area (Å²) in [5, 5.41) is 3.57. The molecule has 0 aliphatic heterocycles. The number of nitrogens with zero attached hydrogens (tertiary/aromatic N) is 1. The van der Waals surface area contributed by atoms with Gasteiger partial charge in [-0.05, 0) is 54.3 Å². The second kappa shape index (κ2) is 6.21. The zero-order valence-corrected chi connectivity index (χ0v) is 15.6. The van der Waals surface area contributed by atoms with Crippen molar-refractivity contribution >= 4 is 21.5 Å². The number of rotatable bonds is 2. The fraction of sp³-hybridized carbons (Fsp3) is 0.208. The molecule has 1 heterocycles. The van der Waals surface area contributed by atoms with Gasteiger partial charge in [-0.3, -0.25) is 4.98 Å². The highest BCUT2D eigenvalue weighted by atomic mass is 19.1. The summed E-state index contributed by atoms with van der Waals surface area (Å²) in [6.45, 7) is 8.44. The first kappa shape index (κ1) is 16.7. The van der Waals surface area contributed by atoms with Crippen molar-refractivity contribution in [3.05, 3.63) is 77.2 Å². The minimum absolute atomic E-state index is 0.174. The van der Waals surface area contributed by atoms with Crippen molar-refractivity contribution < 1.29 is 4.39 Å². The van der Waals surface area contributed by atoms with Crippen LogP contribution in [0.25, 0.3) is 32.8 Å². The van der Waals surface area contributed by atoms with E-state index in [0.717, 1.165) is 33.0 Å². The van der Waals surface area contributed by atoms with Crippen LogP contribution in [0, 0.1) is 19.7 Å². The Kier molecular flexibility index (Phi) is 3.99. The Morgan fingerprint density at radius 1 is 0.846 bits per heavy atom. The predicted molar refractivity (Wildman–Crippen MR) is 108 cm³/mol. The van der Waals surface area contributed by atoms with Gasteiger partial charge in [0, 0.05) is 22.5 Å². The van der Waals surface area contributed by atoms with Gasteiger partial charge in [0.25, 0.3) is 0 Å². The van der Waals surface area contributed by atoms with E-state index in [-0.39, 0.29) is 11.7 Å². The summed E-state index contributed by atoms with van der Waals surface area (Å²) in [4.78, 5) is 4.84. The van der Waals surface area contributed by atoms with E-state index in [9.17, 15) is 4.39 Å². The highest BCUT2D eigenvalue weighted by molar-refractivity contribution is 6.14. The number of fused-ring (bicyclic) bond motifs is 3. The van der Waals surface area contributed by atoms with E-state index >= 15 is 0 Å². The maximum atomic E-state index is 14.8. The molecule has 26 heavy (non-hydrogen) atoms. The zero-order valence-electron chi connectivity index (χ0n) is 15.6. The van der Waals surface area contributed by atoms with E-state index < -0.39 is 0 Å². The van der Waals surface area contributed by atoms with Crippen molar-refractivity contribution in [1.29, 1.82) is 0 Å². The van der Waals surface area contributed by atoms with E-state index in [4.69, 9.17) is 4.98 Å². The number of benzene rings is 3. The van der Waals surface area contributed by atoms with Gasteiger partial charge in [0.1, 0.15) is 5.82 Å². The minimum Gasteiger partial charge on any atom is -0.255 e. The Labute approximate surface area is 153 Å². The highest BCUT2D eigenvalue weighted by Crippen LogP contribution is 2.38. The number of aryl methyl sites for hydroxylation is 2. The third-order valence-electron chi connectivity index (χ3n) is 4.99. The predicted octanol–water partition coefficient (Wildman–Crippen LogP) is 6.93. The highest BCUT2D eigenvalue weighted by Gasteiger charge is 2.17. The maximum absolute atomic E-state index is 14.8. The van der Waals surface area contributed by atoms with E-state index in [2.05, 4.69) is 45.9 Å². The number of pyridine rings is 1. The molecule has 0 amide bonds.